The van der Waals surface area contributed by atoms with Crippen molar-refractivity contribution in [2.24, 2.45) is 16.9 Å². The minimum absolute atomic E-state index is 0.0826. The Bertz CT molecular complexity index is 623. The molecule has 1 aliphatic rings. The highest BCUT2D eigenvalue weighted by Gasteiger charge is 2.40. The lowest BCUT2D eigenvalue weighted by Gasteiger charge is -2.23. The summed E-state index contributed by atoms with van der Waals surface area (Å²) < 4.78 is 0. The molecule has 2 rings (SSSR count). The fraction of sp³-hybridized carbons (Fsp3) is 0.286. The lowest BCUT2D eigenvalue weighted by molar-refractivity contribution is -0.122. The van der Waals surface area contributed by atoms with Gasteiger partial charge in [-0.05, 0) is 24.6 Å². The lowest BCUT2D eigenvalue weighted by Crippen LogP contribution is -2.32. The van der Waals surface area contributed by atoms with Gasteiger partial charge in [0.15, 0.2) is 0 Å². The Hall–Kier alpha value is -2.86. The molecular formula is C14H12N4O2. The van der Waals surface area contributed by atoms with E-state index in [-0.39, 0.29) is 11.7 Å². The van der Waals surface area contributed by atoms with Crippen molar-refractivity contribution in [3.05, 3.63) is 29.8 Å². The van der Waals surface area contributed by atoms with E-state index in [2.05, 4.69) is 10.5 Å². The van der Waals surface area contributed by atoms with Gasteiger partial charge in [0.2, 0.25) is 5.91 Å². The number of carbonyl (C=O) groups excluding carboxylic acids is 1. The molecule has 1 aliphatic heterocycles. The second kappa shape index (κ2) is 5.41. The molecule has 1 heterocycles. The number of rotatable bonds is 3. The predicted molar refractivity (Wildman–Crippen MR) is 70.3 cm³/mol. The van der Waals surface area contributed by atoms with Crippen LogP contribution in [0.25, 0.3) is 0 Å². The van der Waals surface area contributed by atoms with Gasteiger partial charge in [0, 0.05) is 11.6 Å². The number of aromatic hydroxyl groups is 1. The first-order chi connectivity index (χ1) is 9.58. The molecule has 1 amide bonds. The van der Waals surface area contributed by atoms with Crippen molar-refractivity contribution in [2.45, 2.75) is 12.8 Å². The number of phenols is 1. The summed E-state index contributed by atoms with van der Waals surface area (Å²) in [6.07, 6.45) is 0. The first kappa shape index (κ1) is 13.6. The van der Waals surface area contributed by atoms with E-state index in [0.717, 1.165) is 0 Å². The maximum Gasteiger partial charge on any atom is 0.249 e. The standard InChI is InChI=1S/C14H12N4O2/c1-8-12(14(20)18-17-8)13(10(6-15)7-16)9-2-4-11(19)5-3-9/h2-5,10,12-13,19H,1H3,(H,18,20)/t12-,13+/m1/s1. The molecule has 0 unspecified atom stereocenters. The van der Waals surface area contributed by atoms with E-state index in [0.29, 0.717) is 11.3 Å². The van der Waals surface area contributed by atoms with Crippen LogP contribution >= 0.6 is 0 Å². The van der Waals surface area contributed by atoms with Gasteiger partial charge in [0.1, 0.15) is 11.7 Å². The Balaban J connectivity index is 2.48. The number of benzene rings is 1. The molecule has 6 nitrogen and oxygen atoms in total. The van der Waals surface area contributed by atoms with Gasteiger partial charge >= 0.3 is 0 Å². The summed E-state index contributed by atoms with van der Waals surface area (Å²) in [7, 11) is 0. The predicted octanol–water partition coefficient (Wildman–Crippen LogP) is 1.26. The van der Waals surface area contributed by atoms with E-state index < -0.39 is 17.8 Å². The molecule has 0 saturated heterocycles. The summed E-state index contributed by atoms with van der Waals surface area (Å²) in [5.41, 5.74) is 3.56. The van der Waals surface area contributed by atoms with Crippen LogP contribution in [0.4, 0.5) is 0 Å². The third kappa shape index (κ3) is 2.32. The van der Waals surface area contributed by atoms with E-state index in [1.165, 1.54) is 12.1 Å². The Morgan fingerprint density at radius 1 is 1.30 bits per heavy atom. The van der Waals surface area contributed by atoms with E-state index in [1.807, 2.05) is 12.1 Å². The van der Waals surface area contributed by atoms with Gasteiger partial charge in [-0.2, -0.15) is 15.6 Å². The number of carbonyl (C=O) groups is 1. The van der Waals surface area contributed by atoms with Gasteiger partial charge in [-0.1, -0.05) is 12.1 Å². The second-order valence-corrected chi connectivity index (χ2v) is 4.56. The number of hydrogen-bond acceptors (Lipinski definition) is 5. The van der Waals surface area contributed by atoms with Crippen molar-refractivity contribution in [1.82, 2.24) is 5.43 Å². The van der Waals surface area contributed by atoms with Crippen LogP contribution < -0.4 is 5.43 Å². The van der Waals surface area contributed by atoms with Crippen molar-refractivity contribution >= 4 is 11.6 Å². The van der Waals surface area contributed by atoms with Gasteiger partial charge < -0.3 is 5.11 Å². The number of amides is 1. The molecule has 0 aliphatic carbocycles. The summed E-state index contributed by atoms with van der Waals surface area (Å²) in [6.45, 7) is 1.68. The van der Waals surface area contributed by atoms with Crippen LogP contribution in [0.15, 0.2) is 29.4 Å². The summed E-state index contributed by atoms with van der Waals surface area (Å²) in [4.78, 5) is 11.9. The molecule has 0 radical (unpaired) electrons. The van der Waals surface area contributed by atoms with E-state index in [1.54, 1.807) is 19.1 Å². The van der Waals surface area contributed by atoms with Gasteiger partial charge in [0.05, 0.1) is 18.1 Å². The number of hydrogen-bond donors (Lipinski definition) is 2. The molecule has 1 aromatic rings. The van der Waals surface area contributed by atoms with Crippen LogP contribution in [0.5, 0.6) is 5.75 Å². The van der Waals surface area contributed by atoms with Crippen molar-refractivity contribution < 1.29 is 9.90 Å². The first-order valence-corrected chi connectivity index (χ1v) is 6.00. The monoisotopic (exact) mass is 268 g/mol. The highest BCUT2D eigenvalue weighted by molar-refractivity contribution is 6.07. The quantitative estimate of drug-likeness (QED) is 0.859. The zero-order chi connectivity index (χ0) is 14.7. The van der Waals surface area contributed by atoms with E-state index in [9.17, 15) is 9.90 Å². The first-order valence-electron chi connectivity index (χ1n) is 6.00. The molecule has 2 N–H and O–H groups in total. The summed E-state index contributed by atoms with van der Waals surface area (Å²) in [6, 6.07) is 10.0. The molecule has 1 aromatic carbocycles. The summed E-state index contributed by atoms with van der Waals surface area (Å²) in [5.74, 6) is -2.48. The molecule has 100 valence electrons. The Labute approximate surface area is 116 Å². The molecule has 0 fully saturated rings. The lowest BCUT2D eigenvalue weighted by atomic mass is 9.76. The molecule has 0 spiro atoms. The normalized spacial score (nSPS) is 18.9. The molecule has 0 saturated carbocycles. The zero-order valence-corrected chi connectivity index (χ0v) is 10.7. The molecule has 2 atom stereocenters. The highest BCUT2D eigenvalue weighted by atomic mass is 16.3. The second-order valence-electron chi connectivity index (χ2n) is 4.56. The minimum atomic E-state index is -0.974. The number of nitrogens with zero attached hydrogens (tertiary/aromatic N) is 3. The average molecular weight is 268 g/mol. The third-order valence-corrected chi connectivity index (χ3v) is 3.35. The zero-order valence-electron chi connectivity index (χ0n) is 10.7. The van der Waals surface area contributed by atoms with Crippen LogP contribution in [-0.2, 0) is 4.79 Å². The average Bonchev–Trinajstić information content (AvgIpc) is 2.77. The molecule has 0 bridgehead atoms. The molecule has 6 heteroatoms. The Morgan fingerprint density at radius 2 is 1.90 bits per heavy atom. The van der Waals surface area contributed by atoms with Crippen molar-refractivity contribution in [3.8, 4) is 17.9 Å². The number of phenolic OH excluding ortho intramolecular Hbond substituents is 1. The Kier molecular flexibility index (Phi) is 3.67. The smallest absolute Gasteiger partial charge is 0.249 e. The molecule has 0 aromatic heterocycles. The van der Waals surface area contributed by atoms with E-state index >= 15 is 0 Å². The molecule has 20 heavy (non-hydrogen) atoms. The van der Waals surface area contributed by atoms with E-state index in [4.69, 9.17) is 10.5 Å². The van der Waals surface area contributed by atoms with Gasteiger partial charge in [-0.25, -0.2) is 5.43 Å². The van der Waals surface area contributed by atoms with Gasteiger partial charge in [-0.15, -0.1) is 0 Å². The van der Waals surface area contributed by atoms with Crippen LogP contribution in [0.3, 0.4) is 0 Å². The third-order valence-electron chi connectivity index (χ3n) is 3.35. The van der Waals surface area contributed by atoms with Crippen molar-refractivity contribution in [3.63, 3.8) is 0 Å². The van der Waals surface area contributed by atoms with Crippen LogP contribution in [0.2, 0.25) is 0 Å². The fourth-order valence-electron chi connectivity index (χ4n) is 2.36. The highest BCUT2D eigenvalue weighted by Crippen LogP contribution is 2.35. The Morgan fingerprint density at radius 3 is 2.35 bits per heavy atom. The van der Waals surface area contributed by atoms with Gasteiger partial charge in [0.25, 0.3) is 0 Å². The fourth-order valence-corrected chi connectivity index (χ4v) is 2.36. The van der Waals surface area contributed by atoms with Crippen molar-refractivity contribution in [2.75, 3.05) is 0 Å². The summed E-state index contributed by atoms with van der Waals surface area (Å²) >= 11 is 0. The van der Waals surface area contributed by atoms with Crippen LogP contribution in [0, 0.1) is 34.5 Å². The van der Waals surface area contributed by atoms with Gasteiger partial charge in [-0.3, -0.25) is 4.79 Å². The number of hydrazone groups is 1. The van der Waals surface area contributed by atoms with Crippen LogP contribution in [0.1, 0.15) is 18.4 Å². The maximum atomic E-state index is 11.9. The number of nitrogens with one attached hydrogen (secondary N) is 1. The maximum absolute atomic E-state index is 11.9. The minimum Gasteiger partial charge on any atom is -0.508 e. The summed E-state index contributed by atoms with van der Waals surface area (Å²) in [5, 5.41) is 31.5. The largest absolute Gasteiger partial charge is 0.508 e. The topological polar surface area (TPSA) is 109 Å². The SMILES string of the molecule is CC1=NNC(=O)[C@H]1[C@@H](c1ccc(O)cc1)C(C#N)C#N. The van der Waals surface area contributed by atoms with Crippen molar-refractivity contribution in [1.29, 1.82) is 10.5 Å². The molecular weight excluding hydrogens is 256 g/mol. The number of nitriles is 2. The van der Waals surface area contributed by atoms with Crippen LogP contribution in [-0.4, -0.2) is 16.7 Å².